The lowest BCUT2D eigenvalue weighted by atomic mass is 9.94. The Morgan fingerprint density at radius 1 is 1.32 bits per heavy atom. The fourth-order valence-electron chi connectivity index (χ4n) is 1.80. The summed E-state index contributed by atoms with van der Waals surface area (Å²) in [6, 6.07) is 3.58. The number of ether oxygens (including phenoxy) is 1. The molecule has 19 heavy (non-hydrogen) atoms. The highest BCUT2D eigenvalue weighted by atomic mass is 16.5. The summed E-state index contributed by atoms with van der Waals surface area (Å²) in [5, 5.41) is 12.8. The molecule has 0 aliphatic heterocycles. The van der Waals surface area contributed by atoms with Gasteiger partial charge in [0.15, 0.2) is 0 Å². The van der Waals surface area contributed by atoms with E-state index in [2.05, 4.69) is 10.3 Å². The molecule has 1 aromatic heterocycles. The third kappa shape index (κ3) is 3.99. The Hall–Kier alpha value is -1.49. The fourth-order valence-corrected chi connectivity index (χ4v) is 1.80. The molecule has 0 spiro atoms. The number of pyridine rings is 1. The summed E-state index contributed by atoms with van der Waals surface area (Å²) in [7, 11) is 0. The van der Waals surface area contributed by atoms with Crippen molar-refractivity contribution in [2.75, 3.05) is 24.3 Å². The van der Waals surface area contributed by atoms with Crippen LogP contribution in [0.3, 0.4) is 0 Å². The Bertz CT molecular complexity index is 384. The van der Waals surface area contributed by atoms with Crippen molar-refractivity contribution >= 4 is 11.5 Å². The molecule has 5 nitrogen and oxygen atoms in total. The highest BCUT2D eigenvalue weighted by Crippen LogP contribution is 2.25. The first-order chi connectivity index (χ1) is 9.10. The summed E-state index contributed by atoms with van der Waals surface area (Å²) in [5.74, 6) is 1.13. The van der Waals surface area contributed by atoms with E-state index in [0.717, 1.165) is 19.3 Å². The molecule has 0 amide bonds. The van der Waals surface area contributed by atoms with Crippen LogP contribution in [0.4, 0.5) is 11.5 Å². The minimum absolute atomic E-state index is 0.0667. The molecule has 1 aromatic rings. The monoisotopic (exact) mass is 267 g/mol. The maximum absolute atomic E-state index is 9.56. The van der Waals surface area contributed by atoms with Crippen molar-refractivity contribution in [1.29, 1.82) is 0 Å². The van der Waals surface area contributed by atoms with Gasteiger partial charge in [-0.1, -0.05) is 20.8 Å². The maximum atomic E-state index is 9.56. The summed E-state index contributed by atoms with van der Waals surface area (Å²) < 4.78 is 5.50. The van der Waals surface area contributed by atoms with E-state index in [1.165, 1.54) is 0 Å². The van der Waals surface area contributed by atoms with Crippen LogP contribution in [-0.2, 0) is 0 Å². The zero-order chi connectivity index (χ0) is 14.3. The van der Waals surface area contributed by atoms with Crippen molar-refractivity contribution in [2.24, 2.45) is 0 Å². The second kappa shape index (κ2) is 7.19. The van der Waals surface area contributed by atoms with Crippen LogP contribution in [0.2, 0.25) is 0 Å². The van der Waals surface area contributed by atoms with Crippen LogP contribution in [0.1, 0.15) is 40.0 Å². The molecule has 0 bridgehead atoms. The highest BCUT2D eigenvalue weighted by molar-refractivity contribution is 5.54. The van der Waals surface area contributed by atoms with Gasteiger partial charge < -0.3 is 20.9 Å². The molecule has 108 valence electrons. The number of rotatable bonds is 8. The van der Waals surface area contributed by atoms with Crippen LogP contribution in [0, 0.1) is 0 Å². The molecular formula is C14H25N3O2. The molecule has 4 N–H and O–H groups in total. The van der Waals surface area contributed by atoms with Crippen molar-refractivity contribution < 1.29 is 9.84 Å². The second-order valence-electron chi connectivity index (χ2n) is 4.71. The summed E-state index contributed by atoms with van der Waals surface area (Å²) in [6.07, 6.45) is 2.54. The summed E-state index contributed by atoms with van der Waals surface area (Å²) in [4.78, 5) is 4.37. The SMILES string of the molecule is CCCOc1nc(NC(CC)(CC)CO)ccc1N. The van der Waals surface area contributed by atoms with Gasteiger partial charge >= 0.3 is 0 Å². The van der Waals surface area contributed by atoms with E-state index < -0.39 is 0 Å². The van der Waals surface area contributed by atoms with E-state index in [1.54, 1.807) is 6.07 Å². The Kier molecular flexibility index (Phi) is 5.89. The van der Waals surface area contributed by atoms with Crippen LogP contribution in [0.15, 0.2) is 12.1 Å². The Morgan fingerprint density at radius 2 is 2.00 bits per heavy atom. The van der Waals surface area contributed by atoms with Gasteiger partial charge in [0, 0.05) is 0 Å². The number of aliphatic hydroxyl groups is 1. The number of hydrogen-bond acceptors (Lipinski definition) is 5. The van der Waals surface area contributed by atoms with Crippen LogP contribution < -0.4 is 15.8 Å². The molecule has 1 heterocycles. The molecule has 0 aromatic carbocycles. The quantitative estimate of drug-likeness (QED) is 0.674. The van der Waals surface area contributed by atoms with E-state index in [0.29, 0.717) is 24.0 Å². The summed E-state index contributed by atoms with van der Waals surface area (Å²) >= 11 is 0. The summed E-state index contributed by atoms with van der Waals surface area (Å²) in [5.41, 5.74) is 6.01. The number of nitrogens with zero attached hydrogens (tertiary/aromatic N) is 1. The number of aliphatic hydroxyl groups excluding tert-OH is 1. The predicted octanol–water partition coefficient (Wildman–Crippen LogP) is 2.42. The molecule has 0 saturated carbocycles. The zero-order valence-corrected chi connectivity index (χ0v) is 12.1. The third-order valence-electron chi connectivity index (χ3n) is 3.38. The van der Waals surface area contributed by atoms with Gasteiger partial charge in [0.2, 0.25) is 5.88 Å². The predicted molar refractivity (Wildman–Crippen MR) is 78.5 cm³/mol. The number of nitrogen functional groups attached to an aromatic ring is 1. The summed E-state index contributed by atoms with van der Waals surface area (Å²) in [6.45, 7) is 6.77. The van der Waals surface area contributed by atoms with Gasteiger partial charge in [-0.25, -0.2) is 0 Å². The maximum Gasteiger partial charge on any atom is 0.239 e. The molecule has 0 unspecified atom stereocenters. The first-order valence-electron chi connectivity index (χ1n) is 6.89. The zero-order valence-electron chi connectivity index (χ0n) is 12.1. The third-order valence-corrected chi connectivity index (χ3v) is 3.38. The van der Waals surface area contributed by atoms with Gasteiger partial charge in [-0.3, -0.25) is 0 Å². The number of aromatic nitrogens is 1. The molecule has 0 fully saturated rings. The molecule has 0 atom stereocenters. The number of hydrogen-bond donors (Lipinski definition) is 3. The van der Waals surface area contributed by atoms with E-state index in [1.807, 2.05) is 26.8 Å². The lowest BCUT2D eigenvalue weighted by molar-refractivity contribution is 0.202. The first-order valence-corrected chi connectivity index (χ1v) is 6.89. The van der Waals surface area contributed by atoms with Gasteiger partial charge in [-0.05, 0) is 31.4 Å². The van der Waals surface area contributed by atoms with Crippen LogP contribution in [0.5, 0.6) is 5.88 Å². The molecule has 0 radical (unpaired) electrons. The van der Waals surface area contributed by atoms with Crippen molar-refractivity contribution in [1.82, 2.24) is 4.98 Å². The van der Waals surface area contributed by atoms with Gasteiger partial charge in [0.05, 0.1) is 24.4 Å². The van der Waals surface area contributed by atoms with Crippen molar-refractivity contribution in [3.63, 3.8) is 0 Å². The average Bonchev–Trinajstić information content (AvgIpc) is 2.45. The van der Waals surface area contributed by atoms with Gasteiger partial charge in [0.1, 0.15) is 5.82 Å². The first kappa shape index (κ1) is 15.6. The smallest absolute Gasteiger partial charge is 0.239 e. The Balaban J connectivity index is 2.89. The Labute approximate surface area is 115 Å². The molecular weight excluding hydrogens is 242 g/mol. The van der Waals surface area contributed by atoms with Crippen LogP contribution in [-0.4, -0.2) is 28.8 Å². The Morgan fingerprint density at radius 3 is 2.53 bits per heavy atom. The fraction of sp³-hybridized carbons (Fsp3) is 0.643. The number of nitrogens with two attached hydrogens (primary N) is 1. The average molecular weight is 267 g/mol. The molecule has 0 aliphatic carbocycles. The lowest BCUT2D eigenvalue weighted by Gasteiger charge is -2.31. The van der Waals surface area contributed by atoms with Gasteiger partial charge in [-0.2, -0.15) is 4.98 Å². The highest BCUT2D eigenvalue weighted by Gasteiger charge is 2.25. The standard InChI is InChI=1S/C14H25N3O2/c1-4-9-19-13-11(15)7-8-12(16-13)17-14(5-2,6-3)10-18/h7-8,18H,4-6,9-10,15H2,1-3H3,(H,16,17). The topological polar surface area (TPSA) is 80.4 Å². The largest absolute Gasteiger partial charge is 0.476 e. The lowest BCUT2D eigenvalue weighted by Crippen LogP contribution is -2.41. The van der Waals surface area contributed by atoms with E-state index in [4.69, 9.17) is 10.5 Å². The second-order valence-corrected chi connectivity index (χ2v) is 4.71. The van der Waals surface area contributed by atoms with Gasteiger partial charge in [-0.15, -0.1) is 0 Å². The van der Waals surface area contributed by atoms with E-state index >= 15 is 0 Å². The normalized spacial score (nSPS) is 11.4. The molecule has 0 aliphatic rings. The number of nitrogens with one attached hydrogen (secondary N) is 1. The minimum atomic E-state index is -0.342. The van der Waals surface area contributed by atoms with E-state index in [-0.39, 0.29) is 12.1 Å². The molecule has 5 heteroatoms. The molecule has 0 saturated heterocycles. The van der Waals surface area contributed by atoms with E-state index in [9.17, 15) is 5.11 Å². The van der Waals surface area contributed by atoms with Crippen molar-refractivity contribution in [3.8, 4) is 5.88 Å². The van der Waals surface area contributed by atoms with Gasteiger partial charge in [0.25, 0.3) is 0 Å². The number of anilines is 2. The van der Waals surface area contributed by atoms with Crippen molar-refractivity contribution in [3.05, 3.63) is 12.1 Å². The molecule has 1 rings (SSSR count). The van der Waals surface area contributed by atoms with Crippen LogP contribution in [0.25, 0.3) is 0 Å². The minimum Gasteiger partial charge on any atom is -0.476 e. The van der Waals surface area contributed by atoms with Crippen LogP contribution >= 0.6 is 0 Å². The van der Waals surface area contributed by atoms with Crippen molar-refractivity contribution in [2.45, 2.75) is 45.6 Å².